The molecular formula is C119H81N17. The molecule has 0 bridgehead atoms. The van der Waals surface area contributed by atoms with E-state index in [1.54, 1.807) is 0 Å². The average Bonchev–Trinajstić information content (AvgIpc) is 1.56. The third kappa shape index (κ3) is 13.2. The van der Waals surface area contributed by atoms with Gasteiger partial charge in [0.2, 0.25) is 23.3 Å². The normalized spacial score (nSPS) is 12.7. The summed E-state index contributed by atoms with van der Waals surface area (Å²) in [6.45, 7) is 0. The maximum absolute atomic E-state index is 5.19. The first kappa shape index (κ1) is 78.3. The summed E-state index contributed by atoms with van der Waals surface area (Å²) in [4.78, 5) is 37.0. The summed E-state index contributed by atoms with van der Waals surface area (Å²) in [6, 6.07) is 167. The fourth-order valence-electron chi connectivity index (χ4n) is 20.0. The molecule has 0 spiro atoms. The SMILES string of the molecule is c1ccc(-c2nc(-c3ccccc3)nc(-n3c4ccccc4n4c5ccccc5nc34)n2)cc1.c1ccc(-n2c3ccccc3c3cc(-c4ccc5c(c4)nc4n(-c6ccccc6)c6ccccc6n54)ccc32)cc1.c1ccc(N(c2ccccc2)c2ccc3c(c2)nc2n(-c4ccccc4)c4ccccc4n32)cc1.c1ccc(N2c3ccccc3N3c4cc5ccccc5cc4NC23)cc1. The molecule has 136 heavy (non-hydrogen) atoms. The molecular weight excluding hydrogens is 1670 g/mol. The Morgan fingerprint density at radius 1 is 0.213 bits per heavy atom. The van der Waals surface area contributed by atoms with Crippen molar-refractivity contribution in [1.29, 1.82) is 0 Å². The molecule has 0 radical (unpaired) electrons. The molecule has 0 fully saturated rings. The smallest absolute Gasteiger partial charge is 0.241 e. The predicted molar refractivity (Wildman–Crippen MR) is 556 cm³/mol. The molecule has 17 heteroatoms. The van der Waals surface area contributed by atoms with E-state index in [-0.39, 0.29) is 6.29 Å². The number of rotatable bonds is 11. The third-order valence-electron chi connectivity index (χ3n) is 26.0. The lowest BCUT2D eigenvalue weighted by atomic mass is 10.0. The number of imidazole rings is 6. The van der Waals surface area contributed by atoms with Crippen LogP contribution >= 0.6 is 0 Å². The zero-order chi connectivity index (χ0) is 89.7. The Kier molecular flexibility index (Phi) is 18.8. The quantitative estimate of drug-likeness (QED) is 0.133. The Morgan fingerprint density at radius 3 is 1.13 bits per heavy atom. The van der Waals surface area contributed by atoms with Crippen molar-refractivity contribution >= 4 is 162 Å². The van der Waals surface area contributed by atoms with Crippen molar-refractivity contribution in [3.05, 3.63) is 479 Å². The van der Waals surface area contributed by atoms with Crippen LogP contribution in [0.2, 0.25) is 0 Å². The molecule has 17 nitrogen and oxygen atoms in total. The van der Waals surface area contributed by atoms with Crippen LogP contribution in [0.15, 0.2) is 479 Å². The van der Waals surface area contributed by atoms with Crippen LogP contribution in [0.3, 0.4) is 0 Å². The summed E-state index contributed by atoms with van der Waals surface area (Å²) in [6.07, 6.45) is 0.0570. The molecule has 0 aliphatic carbocycles. The van der Waals surface area contributed by atoms with E-state index in [2.05, 4.69) is 417 Å². The van der Waals surface area contributed by atoms with Gasteiger partial charge in [0.1, 0.15) is 0 Å². The van der Waals surface area contributed by atoms with Crippen molar-refractivity contribution in [2.45, 2.75) is 6.29 Å². The van der Waals surface area contributed by atoms with Crippen molar-refractivity contribution in [3.8, 4) is 56.9 Å². The maximum Gasteiger partial charge on any atom is 0.241 e. The number of nitrogens with zero attached hydrogens (tertiary/aromatic N) is 16. The second kappa shape index (κ2) is 32.7. The second-order valence-electron chi connectivity index (χ2n) is 34.0. The molecule has 0 saturated carbocycles. The largest absolute Gasteiger partial charge is 0.346 e. The van der Waals surface area contributed by atoms with Gasteiger partial charge in [-0.05, 0) is 216 Å². The number of benzene rings is 19. The van der Waals surface area contributed by atoms with Gasteiger partial charge in [-0.1, -0.05) is 285 Å². The number of anilines is 8. The van der Waals surface area contributed by atoms with E-state index >= 15 is 0 Å². The van der Waals surface area contributed by atoms with Crippen LogP contribution in [0.5, 0.6) is 0 Å². The minimum atomic E-state index is 0.0570. The first-order valence-corrected chi connectivity index (χ1v) is 45.7. The Hall–Kier alpha value is -18.7. The number of nitrogens with one attached hydrogen (secondary N) is 1. The molecule has 27 aromatic rings. The van der Waals surface area contributed by atoms with E-state index in [0.717, 1.165) is 129 Å². The highest BCUT2D eigenvalue weighted by molar-refractivity contribution is 6.11. The van der Waals surface area contributed by atoms with Crippen LogP contribution in [0.1, 0.15) is 0 Å². The first-order valence-electron chi connectivity index (χ1n) is 45.7. The molecule has 1 unspecified atom stereocenters. The van der Waals surface area contributed by atoms with Gasteiger partial charge in [-0.3, -0.25) is 27.2 Å². The number of fused-ring (bicyclic) bond motifs is 24. The lowest BCUT2D eigenvalue weighted by Crippen LogP contribution is -2.40. The van der Waals surface area contributed by atoms with Gasteiger partial charge >= 0.3 is 0 Å². The molecule has 2 aliphatic heterocycles. The molecule has 0 saturated heterocycles. The first-order chi connectivity index (χ1) is 67.5. The Morgan fingerprint density at radius 2 is 0.588 bits per heavy atom. The lowest BCUT2D eigenvalue weighted by molar-refractivity contribution is 0.808. The maximum atomic E-state index is 5.19. The van der Waals surface area contributed by atoms with Crippen molar-refractivity contribution in [1.82, 2.24) is 61.4 Å². The molecule has 1 atom stereocenters. The van der Waals surface area contributed by atoms with Gasteiger partial charge in [-0.2, -0.15) is 9.97 Å². The van der Waals surface area contributed by atoms with Gasteiger partial charge in [0.25, 0.3) is 0 Å². The van der Waals surface area contributed by atoms with E-state index in [1.165, 1.54) is 72.3 Å². The monoisotopic (exact) mass is 1750 g/mol. The zero-order valence-electron chi connectivity index (χ0n) is 73.3. The Bertz CT molecular complexity index is 9130. The summed E-state index contributed by atoms with van der Waals surface area (Å²) in [5.74, 6) is 4.38. The van der Waals surface area contributed by atoms with Crippen LogP contribution in [0.25, 0.3) is 173 Å². The van der Waals surface area contributed by atoms with E-state index in [1.807, 2.05) is 114 Å². The van der Waals surface area contributed by atoms with E-state index in [4.69, 9.17) is 29.9 Å². The molecule has 29 rings (SSSR count). The molecule has 0 amide bonds. The highest BCUT2D eigenvalue weighted by Gasteiger charge is 2.43. The fourth-order valence-corrected chi connectivity index (χ4v) is 20.0. The topological polar surface area (TPSA) is 132 Å². The highest BCUT2D eigenvalue weighted by Crippen LogP contribution is 2.54. The molecule has 10 heterocycles. The van der Waals surface area contributed by atoms with Gasteiger partial charge in [-0.15, -0.1) is 0 Å². The molecule has 1 N–H and O–H groups in total. The molecule has 19 aromatic carbocycles. The number of hydrogen-bond acceptors (Lipinski definition) is 10. The summed E-state index contributed by atoms with van der Waals surface area (Å²) >= 11 is 0. The highest BCUT2D eigenvalue weighted by atomic mass is 15.5. The number of para-hydroxylation sites is 17. The molecule has 2 aliphatic rings. The average molecular weight is 1750 g/mol. The summed E-state index contributed by atoms with van der Waals surface area (Å²) < 4.78 is 15.6. The van der Waals surface area contributed by atoms with Crippen LogP contribution < -0.4 is 20.0 Å². The molecule has 642 valence electrons. The molecule has 8 aromatic heterocycles. The van der Waals surface area contributed by atoms with E-state index in [0.29, 0.717) is 17.6 Å². The number of hydrogen-bond donors (Lipinski definition) is 1. The number of aromatic nitrogens is 13. The zero-order valence-corrected chi connectivity index (χ0v) is 73.3. The summed E-state index contributed by atoms with van der Waals surface area (Å²) in [5, 5.41) is 8.77. The van der Waals surface area contributed by atoms with E-state index < -0.39 is 0 Å². The van der Waals surface area contributed by atoms with Crippen molar-refractivity contribution in [2.24, 2.45) is 0 Å². The lowest BCUT2D eigenvalue weighted by Gasteiger charge is -2.27. The third-order valence-corrected chi connectivity index (χ3v) is 26.0. The van der Waals surface area contributed by atoms with Crippen LogP contribution in [0.4, 0.5) is 45.5 Å². The standard InChI is InChI=1S/C37H24N4.C31H22N4.C28H18N6.C23H17N3/c1-3-11-27(12-4-1)39-32-16-8-7-15-29(32)30-23-25(19-21-33(30)39)26-20-22-34-31(24-26)38-37-40(28-13-5-2-6-14-28)35-17-9-10-18-36(35)41(34)37;1-4-12-23(13-5-1)33(24-14-6-2-7-15-24)26-20-21-28-27(22-26)32-31-34(25-16-8-3-9-17-25)29-18-10-11-19-30(29)35(28)31;1-3-11-19(12-4-1)25-30-26(20-13-5-2-6-14-20)32-27(31-25)34-24-18-10-9-17-23(24)33-22-16-8-7-15-21(22)29-28(33)34;1-2-10-18(11-3-1)25-20-12-6-7-13-21(20)26-22-15-17-9-5-4-8-16(17)14-19(22)24-23(25)26/h1-24H;1-22H;1-18H;1-15,23-24H. The van der Waals surface area contributed by atoms with Crippen molar-refractivity contribution in [3.63, 3.8) is 0 Å². The minimum Gasteiger partial charge on any atom is -0.346 e. The predicted octanol–water partition coefficient (Wildman–Crippen LogP) is 28.9. The van der Waals surface area contributed by atoms with Crippen LogP contribution in [-0.4, -0.2) is 67.7 Å². The second-order valence-corrected chi connectivity index (χ2v) is 34.0. The van der Waals surface area contributed by atoms with Gasteiger partial charge in [0.15, 0.2) is 17.9 Å². The fraction of sp³-hybridized carbons (Fsp3) is 0.00840. The van der Waals surface area contributed by atoms with Gasteiger partial charge < -0.3 is 19.7 Å². The minimum absolute atomic E-state index is 0.0570. The van der Waals surface area contributed by atoms with Gasteiger partial charge in [0.05, 0.1) is 100.0 Å². The summed E-state index contributed by atoms with van der Waals surface area (Å²) in [5.41, 5.74) is 32.1. The Balaban J connectivity index is 0.0000000952. The van der Waals surface area contributed by atoms with Crippen LogP contribution in [-0.2, 0) is 0 Å². The van der Waals surface area contributed by atoms with Crippen molar-refractivity contribution < 1.29 is 0 Å². The van der Waals surface area contributed by atoms with Gasteiger partial charge in [0, 0.05) is 61.7 Å². The van der Waals surface area contributed by atoms with Crippen LogP contribution in [0, 0.1) is 0 Å². The summed E-state index contributed by atoms with van der Waals surface area (Å²) in [7, 11) is 0. The van der Waals surface area contributed by atoms with E-state index in [9.17, 15) is 0 Å². The van der Waals surface area contributed by atoms with Crippen molar-refractivity contribution in [2.75, 3.05) is 20.0 Å². The van der Waals surface area contributed by atoms with Gasteiger partial charge in [-0.25, -0.2) is 24.5 Å². The Labute approximate surface area is 780 Å².